The van der Waals surface area contributed by atoms with E-state index in [0.29, 0.717) is 12.6 Å². The molecule has 3 N–H and O–H groups in total. The zero-order valence-corrected chi connectivity index (χ0v) is 13.7. The van der Waals surface area contributed by atoms with Crippen LogP contribution in [0.4, 0.5) is 0 Å². The summed E-state index contributed by atoms with van der Waals surface area (Å²) in [6, 6.07) is 0.468. The number of nitrogens with zero attached hydrogens (tertiary/aromatic N) is 1. The molecule has 0 aromatic heterocycles. The first-order valence-corrected chi connectivity index (χ1v) is 6.13. The highest BCUT2D eigenvalue weighted by molar-refractivity contribution is 5.85. The molecule has 0 spiro atoms. The second kappa shape index (κ2) is 12.0. The topological polar surface area (TPSA) is 58.4 Å². The van der Waals surface area contributed by atoms with Crippen molar-refractivity contribution >= 4 is 30.7 Å². The summed E-state index contributed by atoms with van der Waals surface area (Å²) in [4.78, 5) is 13.8. The number of rotatable bonds is 7. The molecule has 0 aliphatic carbocycles. The molecule has 0 saturated heterocycles. The summed E-state index contributed by atoms with van der Waals surface area (Å²) in [5.41, 5.74) is 5.67. The van der Waals surface area contributed by atoms with Crippen molar-refractivity contribution in [3.63, 3.8) is 0 Å². The molecule has 0 aliphatic rings. The lowest BCUT2D eigenvalue weighted by Gasteiger charge is -2.24. The Morgan fingerprint density at radius 1 is 1.28 bits per heavy atom. The maximum atomic E-state index is 11.6. The average molecular weight is 302 g/mol. The zero-order chi connectivity index (χ0) is 12.7. The van der Waals surface area contributed by atoms with Gasteiger partial charge in [-0.25, -0.2) is 0 Å². The van der Waals surface area contributed by atoms with E-state index in [4.69, 9.17) is 5.73 Å². The fourth-order valence-electron chi connectivity index (χ4n) is 1.29. The number of amides is 1. The molecule has 112 valence electrons. The van der Waals surface area contributed by atoms with Crippen molar-refractivity contribution < 1.29 is 4.79 Å². The molecule has 0 radical (unpaired) electrons. The van der Waals surface area contributed by atoms with E-state index >= 15 is 0 Å². The van der Waals surface area contributed by atoms with Crippen LogP contribution in [0.2, 0.25) is 0 Å². The largest absolute Gasteiger partial charge is 0.355 e. The van der Waals surface area contributed by atoms with Gasteiger partial charge in [0.2, 0.25) is 5.91 Å². The van der Waals surface area contributed by atoms with Gasteiger partial charge in [-0.2, -0.15) is 0 Å². The number of halogens is 2. The molecule has 3 atom stereocenters. The number of nitrogens with two attached hydrogens (primary N) is 1. The number of likely N-dealkylation sites (N-methyl/N-ethyl adjacent to an activating group) is 1. The van der Waals surface area contributed by atoms with Crippen LogP contribution in [-0.4, -0.2) is 43.0 Å². The molecule has 4 nitrogen and oxygen atoms in total. The van der Waals surface area contributed by atoms with Crippen LogP contribution >= 0.6 is 24.8 Å². The Morgan fingerprint density at radius 2 is 1.78 bits per heavy atom. The smallest absolute Gasteiger partial charge is 0.224 e. The van der Waals surface area contributed by atoms with E-state index in [0.717, 1.165) is 13.0 Å². The van der Waals surface area contributed by atoms with Crippen LogP contribution in [0, 0.1) is 5.92 Å². The monoisotopic (exact) mass is 301 g/mol. The molecular formula is C12H29Cl2N3O. The van der Waals surface area contributed by atoms with Crippen molar-refractivity contribution in [3.05, 3.63) is 0 Å². The van der Waals surface area contributed by atoms with Crippen LogP contribution in [-0.2, 0) is 4.79 Å². The lowest BCUT2D eigenvalue weighted by Crippen LogP contribution is -2.42. The summed E-state index contributed by atoms with van der Waals surface area (Å²) in [6.45, 7) is 9.64. The van der Waals surface area contributed by atoms with E-state index < -0.39 is 0 Å². The lowest BCUT2D eigenvalue weighted by molar-refractivity contribution is -0.124. The van der Waals surface area contributed by atoms with Crippen molar-refractivity contribution in [1.29, 1.82) is 0 Å². The highest BCUT2D eigenvalue weighted by Crippen LogP contribution is 2.00. The minimum Gasteiger partial charge on any atom is -0.355 e. The van der Waals surface area contributed by atoms with Gasteiger partial charge in [-0.3, -0.25) is 4.79 Å². The van der Waals surface area contributed by atoms with Gasteiger partial charge in [0.1, 0.15) is 0 Å². The Morgan fingerprint density at radius 3 is 2.17 bits per heavy atom. The van der Waals surface area contributed by atoms with Crippen LogP contribution in [0.5, 0.6) is 0 Å². The Kier molecular flexibility index (Phi) is 15.4. The summed E-state index contributed by atoms with van der Waals surface area (Å²) in [5, 5.41) is 2.91. The fraction of sp³-hybridized carbons (Fsp3) is 0.917. The molecule has 0 aliphatic heterocycles. The van der Waals surface area contributed by atoms with Gasteiger partial charge in [0, 0.05) is 31.1 Å². The van der Waals surface area contributed by atoms with Crippen molar-refractivity contribution in [3.8, 4) is 0 Å². The molecule has 0 rings (SSSR count). The molecule has 18 heavy (non-hydrogen) atoms. The molecule has 0 heterocycles. The third kappa shape index (κ3) is 8.97. The third-order valence-corrected chi connectivity index (χ3v) is 3.31. The van der Waals surface area contributed by atoms with Crippen LogP contribution in [0.25, 0.3) is 0 Å². The summed E-state index contributed by atoms with van der Waals surface area (Å²) < 4.78 is 0. The Hall–Kier alpha value is -0.0300. The minimum atomic E-state index is -0.117. The zero-order valence-electron chi connectivity index (χ0n) is 12.1. The standard InChI is InChI=1S/C12H27N3O.2ClH/c1-6-9(2)15(5)8-7-14-12(16)10(3)11(4)13;;/h9-11H,6-8,13H2,1-5H3,(H,14,16);2*1H. The van der Waals surface area contributed by atoms with E-state index in [1.165, 1.54) is 0 Å². The van der Waals surface area contributed by atoms with E-state index in [2.05, 4.69) is 31.1 Å². The molecule has 0 bridgehead atoms. The van der Waals surface area contributed by atoms with Crippen LogP contribution in [0.3, 0.4) is 0 Å². The van der Waals surface area contributed by atoms with Gasteiger partial charge in [0.25, 0.3) is 0 Å². The first-order chi connectivity index (χ1) is 7.40. The van der Waals surface area contributed by atoms with Gasteiger partial charge in [-0.1, -0.05) is 13.8 Å². The quantitative estimate of drug-likeness (QED) is 0.752. The van der Waals surface area contributed by atoms with Gasteiger partial charge in [-0.05, 0) is 27.3 Å². The lowest BCUT2D eigenvalue weighted by atomic mass is 10.0. The summed E-state index contributed by atoms with van der Waals surface area (Å²) in [7, 11) is 2.08. The summed E-state index contributed by atoms with van der Waals surface area (Å²) in [5.74, 6) is -0.0681. The van der Waals surface area contributed by atoms with E-state index in [1.807, 2.05) is 13.8 Å². The van der Waals surface area contributed by atoms with E-state index in [-0.39, 0.29) is 42.7 Å². The highest BCUT2D eigenvalue weighted by atomic mass is 35.5. The molecule has 0 fully saturated rings. The number of carbonyl (C=O) groups excluding carboxylic acids is 1. The number of nitrogens with one attached hydrogen (secondary N) is 1. The van der Waals surface area contributed by atoms with Crippen molar-refractivity contribution in [2.24, 2.45) is 11.7 Å². The molecule has 0 aromatic rings. The Balaban J connectivity index is -0.00000112. The maximum Gasteiger partial charge on any atom is 0.224 e. The number of hydrogen-bond acceptors (Lipinski definition) is 3. The van der Waals surface area contributed by atoms with Gasteiger partial charge in [0.05, 0.1) is 0 Å². The predicted molar refractivity (Wildman–Crippen MR) is 82.7 cm³/mol. The first-order valence-electron chi connectivity index (χ1n) is 6.13. The number of carbonyl (C=O) groups is 1. The van der Waals surface area contributed by atoms with Gasteiger partial charge >= 0.3 is 0 Å². The maximum absolute atomic E-state index is 11.6. The molecule has 0 aromatic carbocycles. The minimum absolute atomic E-state index is 0. The van der Waals surface area contributed by atoms with E-state index in [1.54, 1.807) is 0 Å². The fourth-order valence-corrected chi connectivity index (χ4v) is 1.29. The first kappa shape index (κ1) is 23.1. The van der Waals surface area contributed by atoms with Gasteiger partial charge < -0.3 is 16.0 Å². The second-order valence-corrected chi connectivity index (χ2v) is 4.68. The third-order valence-electron chi connectivity index (χ3n) is 3.31. The van der Waals surface area contributed by atoms with Gasteiger partial charge in [0.15, 0.2) is 0 Å². The van der Waals surface area contributed by atoms with E-state index in [9.17, 15) is 4.79 Å². The molecule has 1 amide bonds. The molecular weight excluding hydrogens is 273 g/mol. The van der Waals surface area contributed by atoms with Crippen molar-refractivity contribution in [2.45, 2.75) is 46.2 Å². The average Bonchev–Trinajstić information content (AvgIpc) is 2.26. The molecule has 0 saturated carbocycles. The van der Waals surface area contributed by atoms with Crippen molar-refractivity contribution in [2.75, 3.05) is 20.1 Å². The SMILES string of the molecule is CCC(C)N(C)CCNC(=O)C(C)C(C)N.Cl.Cl. The van der Waals surface area contributed by atoms with Crippen LogP contribution < -0.4 is 11.1 Å². The van der Waals surface area contributed by atoms with Crippen molar-refractivity contribution in [1.82, 2.24) is 10.2 Å². The molecule has 6 heteroatoms. The summed E-state index contributed by atoms with van der Waals surface area (Å²) in [6.07, 6.45) is 1.13. The van der Waals surface area contributed by atoms with Gasteiger partial charge in [-0.15, -0.1) is 24.8 Å². The Labute approximate surface area is 124 Å². The summed E-state index contributed by atoms with van der Waals surface area (Å²) >= 11 is 0. The highest BCUT2D eigenvalue weighted by Gasteiger charge is 2.16. The normalized spacial score (nSPS) is 15.1. The van der Waals surface area contributed by atoms with Crippen LogP contribution in [0.15, 0.2) is 0 Å². The Bertz CT molecular complexity index is 215. The van der Waals surface area contributed by atoms with Crippen LogP contribution in [0.1, 0.15) is 34.1 Å². The number of hydrogen-bond donors (Lipinski definition) is 2. The predicted octanol–water partition coefficient (Wildman–Crippen LogP) is 1.66. The molecule has 3 unspecified atom stereocenters. The second-order valence-electron chi connectivity index (χ2n) is 4.68.